The Labute approximate surface area is 126 Å². The lowest BCUT2D eigenvalue weighted by atomic mass is 10.3. The van der Waals surface area contributed by atoms with Gasteiger partial charge in [0.25, 0.3) is 0 Å². The summed E-state index contributed by atoms with van der Waals surface area (Å²) in [5, 5.41) is 5.70. The second-order valence-electron chi connectivity index (χ2n) is 3.88. The number of nitrogens with zero attached hydrogens (tertiary/aromatic N) is 2. The maximum Gasteiger partial charge on any atom is 0.323 e. The number of hydrogen-bond donors (Lipinski definition) is 2. The molecule has 0 aliphatic rings. The van der Waals surface area contributed by atoms with Crippen LogP contribution in [0, 0.1) is 0 Å². The van der Waals surface area contributed by atoms with E-state index in [-0.39, 0.29) is 6.01 Å². The van der Waals surface area contributed by atoms with E-state index < -0.39 is 6.03 Å². The van der Waals surface area contributed by atoms with Crippen LogP contribution in [0.1, 0.15) is 0 Å². The minimum atomic E-state index is -0.468. The van der Waals surface area contributed by atoms with Gasteiger partial charge in [0.05, 0.1) is 38.0 Å². The molecule has 2 N–H and O–H groups in total. The zero-order chi connectivity index (χ0) is 15.2. The molecule has 0 spiro atoms. The number of methoxy groups -OCH3 is 2. The molecule has 1 aromatic carbocycles. The second kappa shape index (κ2) is 6.76. The van der Waals surface area contributed by atoms with Gasteiger partial charge in [0.1, 0.15) is 5.75 Å². The van der Waals surface area contributed by atoms with Crippen LogP contribution in [0.15, 0.2) is 30.6 Å². The molecule has 1 aromatic heterocycles. The highest BCUT2D eigenvalue weighted by atomic mass is 35.5. The molecule has 7 nitrogen and oxygen atoms in total. The Morgan fingerprint density at radius 3 is 2.48 bits per heavy atom. The van der Waals surface area contributed by atoms with Crippen molar-refractivity contribution >= 4 is 29.0 Å². The van der Waals surface area contributed by atoms with Gasteiger partial charge >= 0.3 is 12.0 Å². The topological polar surface area (TPSA) is 85.4 Å². The molecule has 0 aliphatic heterocycles. The molecule has 0 saturated heterocycles. The SMILES string of the molecule is COc1ncc(NC(=O)Nc2cc(Cl)ccc2OC)cn1. The summed E-state index contributed by atoms with van der Waals surface area (Å²) in [7, 11) is 2.96. The van der Waals surface area contributed by atoms with Gasteiger partial charge < -0.3 is 20.1 Å². The molecule has 2 rings (SSSR count). The number of aromatic nitrogens is 2. The largest absolute Gasteiger partial charge is 0.495 e. The molecule has 0 atom stereocenters. The van der Waals surface area contributed by atoms with Crippen molar-refractivity contribution in [2.45, 2.75) is 0 Å². The number of rotatable bonds is 4. The number of hydrogen-bond acceptors (Lipinski definition) is 5. The number of halogens is 1. The van der Waals surface area contributed by atoms with Crippen LogP contribution in [-0.4, -0.2) is 30.2 Å². The van der Waals surface area contributed by atoms with Crippen molar-refractivity contribution in [2.75, 3.05) is 24.9 Å². The molecule has 0 aliphatic carbocycles. The van der Waals surface area contributed by atoms with Crippen molar-refractivity contribution in [3.63, 3.8) is 0 Å². The Morgan fingerprint density at radius 2 is 1.86 bits per heavy atom. The van der Waals surface area contributed by atoms with E-state index in [4.69, 9.17) is 21.1 Å². The summed E-state index contributed by atoms with van der Waals surface area (Å²) in [6, 6.07) is 4.67. The zero-order valence-electron chi connectivity index (χ0n) is 11.4. The molecule has 21 heavy (non-hydrogen) atoms. The van der Waals surface area contributed by atoms with Crippen molar-refractivity contribution in [2.24, 2.45) is 0 Å². The summed E-state index contributed by atoms with van der Waals surface area (Å²) < 4.78 is 9.97. The standard InChI is InChI=1S/C13H13ClN4O3/c1-20-11-4-3-8(14)5-10(11)18-12(19)17-9-6-15-13(21-2)16-7-9/h3-7H,1-2H3,(H2,17,18,19). The first-order chi connectivity index (χ1) is 10.1. The van der Waals surface area contributed by atoms with Crippen LogP contribution in [0.4, 0.5) is 16.2 Å². The summed E-state index contributed by atoms with van der Waals surface area (Å²) in [6.45, 7) is 0. The maximum atomic E-state index is 11.9. The molecular formula is C13H13ClN4O3. The highest BCUT2D eigenvalue weighted by Gasteiger charge is 2.09. The minimum absolute atomic E-state index is 0.220. The van der Waals surface area contributed by atoms with Crippen molar-refractivity contribution in [1.29, 1.82) is 0 Å². The third-order valence-corrected chi connectivity index (χ3v) is 2.71. The van der Waals surface area contributed by atoms with Gasteiger partial charge in [-0.3, -0.25) is 0 Å². The van der Waals surface area contributed by atoms with Crippen LogP contribution in [0.3, 0.4) is 0 Å². The quantitative estimate of drug-likeness (QED) is 0.907. The Kier molecular flexibility index (Phi) is 4.78. The first kappa shape index (κ1) is 14.9. The number of urea groups is 1. The van der Waals surface area contributed by atoms with Crippen LogP contribution in [0.5, 0.6) is 11.8 Å². The van der Waals surface area contributed by atoms with Crippen molar-refractivity contribution < 1.29 is 14.3 Å². The third-order valence-electron chi connectivity index (χ3n) is 2.48. The van der Waals surface area contributed by atoms with Crippen molar-refractivity contribution in [1.82, 2.24) is 9.97 Å². The van der Waals surface area contributed by atoms with Crippen LogP contribution >= 0.6 is 11.6 Å². The molecule has 0 bridgehead atoms. The fourth-order valence-electron chi connectivity index (χ4n) is 1.55. The fraction of sp³-hybridized carbons (Fsp3) is 0.154. The van der Waals surface area contributed by atoms with Gasteiger partial charge in [-0.25, -0.2) is 14.8 Å². The molecule has 0 saturated carbocycles. The molecule has 0 radical (unpaired) electrons. The third kappa shape index (κ3) is 3.96. The van der Waals surface area contributed by atoms with Crippen molar-refractivity contribution in [3.05, 3.63) is 35.6 Å². The number of anilines is 2. The average molecular weight is 309 g/mol. The number of carbonyl (C=O) groups excluding carboxylic acids is 1. The van der Waals surface area contributed by atoms with Gasteiger partial charge in [-0.15, -0.1) is 0 Å². The Bertz CT molecular complexity index is 634. The van der Waals surface area contributed by atoms with E-state index in [0.717, 1.165) is 0 Å². The van der Waals surface area contributed by atoms with Gasteiger partial charge in [0, 0.05) is 5.02 Å². The number of carbonyl (C=O) groups is 1. The lowest BCUT2D eigenvalue weighted by molar-refractivity contribution is 0.262. The van der Waals surface area contributed by atoms with E-state index in [0.29, 0.717) is 22.1 Å². The van der Waals surface area contributed by atoms with Gasteiger partial charge in [-0.1, -0.05) is 11.6 Å². The van der Waals surface area contributed by atoms with Gasteiger partial charge in [0.2, 0.25) is 0 Å². The summed E-state index contributed by atoms with van der Waals surface area (Å²) in [4.78, 5) is 19.7. The fourth-order valence-corrected chi connectivity index (χ4v) is 1.72. The first-order valence-electron chi connectivity index (χ1n) is 5.90. The average Bonchev–Trinajstić information content (AvgIpc) is 2.48. The highest BCUT2D eigenvalue weighted by molar-refractivity contribution is 6.31. The molecule has 0 fully saturated rings. The maximum absolute atomic E-state index is 11.9. The normalized spacial score (nSPS) is 9.86. The number of ether oxygens (including phenoxy) is 2. The second-order valence-corrected chi connectivity index (χ2v) is 4.32. The minimum Gasteiger partial charge on any atom is -0.495 e. The van der Waals surface area contributed by atoms with Crippen LogP contribution in [-0.2, 0) is 0 Å². The Hall–Kier alpha value is -2.54. The molecule has 2 amide bonds. The number of benzene rings is 1. The Morgan fingerprint density at radius 1 is 1.14 bits per heavy atom. The van der Waals surface area contributed by atoms with Gasteiger partial charge in [0.15, 0.2) is 0 Å². The van der Waals surface area contributed by atoms with E-state index in [1.165, 1.54) is 26.6 Å². The van der Waals surface area contributed by atoms with Gasteiger partial charge in [-0.2, -0.15) is 0 Å². The molecule has 1 heterocycles. The van der Waals surface area contributed by atoms with E-state index in [1.807, 2.05) is 0 Å². The Balaban J connectivity index is 2.05. The summed E-state index contributed by atoms with van der Waals surface area (Å²) in [5.41, 5.74) is 0.881. The first-order valence-corrected chi connectivity index (χ1v) is 6.27. The smallest absolute Gasteiger partial charge is 0.323 e. The molecular weight excluding hydrogens is 296 g/mol. The van der Waals surface area contributed by atoms with Crippen molar-refractivity contribution in [3.8, 4) is 11.8 Å². The van der Waals surface area contributed by atoms with E-state index in [1.54, 1.807) is 18.2 Å². The van der Waals surface area contributed by atoms with E-state index in [9.17, 15) is 4.79 Å². The summed E-state index contributed by atoms with van der Waals surface area (Å²) in [6.07, 6.45) is 2.86. The van der Waals surface area contributed by atoms with E-state index in [2.05, 4.69) is 20.6 Å². The van der Waals surface area contributed by atoms with Crippen LogP contribution in [0.25, 0.3) is 0 Å². The highest BCUT2D eigenvalue weighted by Crippen LogP contribution is 2.27. The van der Waals surface area contributed by atoms with Gasteiger partial charge in [-0.05, 0) is 18.2 Å². The molecule has 8 heteroatoms. The lowest BCUT2D eigenvalue weighted by Gasteiger charge is -2.11. The summed E-state index contributed by atoms with van der Waals surface area (Å²) in [5.74, 6) is 0.500. The predicted octanol–water partition coefficient (Wildman–Crippen LogP) is 2.79. The van der Waals surface area contributed by atoms with Crippen LogP contribution < -0.4 is 20.1 Å². The number of nitrogens with one attached hydrogen (secondary N) is 2. The lowest BCUT2D eigenvalue weighted by Crippen LogP contribution is -2.20. The monoisotopic (exact) mass is 308 g/mol. The molecule has 110 valence electrons. The van der Waals surface area contributed by atoms with E-state index >= 15 is 0 Å². The predicted molar refractivity (Wildman–Crippen MR) is 79.2 cm³/mol. The molecule has 2 aromatic rings. The number of amides is 2. The zero-order valence-corrected chi connectivity index (χ0v) is 12.1. The van der Waals surface area contributed by atoms with Crippen LogP contribution in [0.2, 0.25) is 5.02 Å². The molecule has 0 unspecified atom stereocenters. The summed E-state index contributed by atoms with van der Waals surface area (Å²) >= 11 is 5.89.